The Morgan fingerprint density at radius 3 is 2.31 bits per heavy atom. The maximum atomic E-state index is 14.3. The largest absolute Gasteiger partial charge is 0.349 e. The fraction of sp³-hybridized carbons (Fsp3) is 0.125. The minimum absolute atomic E-state index is 0.000738. The molecule has 0 atom stereocenters. The highest BCUT2D eigenvalue weighted by Crippen LogP contribution is 2.34. The van der Waals surface area contributed by atoms with E-state index in [1.165, 1.54) is 24.3 Å². The van der Waals surface area contributed by atoms with E-state index in [-0.39, 0.29) is 26.3 Å². The zero-order valence-electron chi connectivity index (χ0n) is 17.4. The summed E-state index contributed by atoms with van der Waals surface area (Å²) < 4.78 is 40.8. The van der Waals surface area contributed by atoms with Crippen molar-refractivity contribution >= 4 is 38.9 Å². The Bertz CT molecular complexity index is 1280. The molecule has 0 aliphatic rings. The zero-order valence-corrected chi connectivity index (χ0v) is 19.8. The first-order chi connectivity index (χ1) is 15.2. The number of hydrogen-bond acceptors (Lipinski definition) is 5. The average molecular weight is 487 g/mol. The summed E-state index contributed by atoms with van der Waals surface area (Å²) in [7, 11) is -4.11. The summed E-state index contributed by atoms with van der Waals surface area (Å²) in [6.07, 6.45) is 0. The van der Waals surface area contributed by atoms with Crippen molar-refractivity contribution in [1.29, 1.82) is 5.26 Å². The fourth-order valence-corrected chi connectivity index (χ4v) is 6.03. The number of sulfone groups is 1. The predicted molar refractivity (Wildman–Crippen MR) is 129 cm³/mol. The molecule has 0 aliphatic carbocycles. The molecule has 0 amide bonds. The van der Waals surface area contributed by atoms with Crippen LogP contribution in [0.25, 0.3) is 0 Å². The van der Waals surface area contributed by atoms with Crippen LogP contribution in [0, 0.1) is 31.0 Å². The highest BCUT2D eigenvalue weighted by molar-refractivity contribution is 8.04. The van der Waals surface area contributed by atoms with Crippen LogP contribution < -0.4 is 5.32 Å². The molecule has 0 saturated carbocycles. The molecular weight excluding hydrogens is 467 g/mol. The lowest BCUT2D eigenvalue weighted by Gasteiger charge is -2.15. The molecule has 4 nitrogen and oxygen atoms in total. The Morgan fingerprint density at radius 1 is 1.06 bits per heavy atom. The number of nitriles is 1. The van der Waals surface area contributed by atoms with Crippen molar-refractivity contribution in [3.8, 4) is 6.07 Å². The average Bonchev–Trinajstić information content (AvgIpc) is 2.73. The van der Waals surface area contributed by atoms with E-state index in [1.54, 1.807) is 24.3 Å². The lowest BCUT2D eigenvalue weighted by atomic mass is 10.1. The monoisotopic (exact) mass is 486 g/mol. The van der Waals surface area contributed by atoms with E-state index in [1.807, 2.05) is 38.1 Å². The van der Waals surface area contributed by atoms with Gasteiger partial charge in [0.25, 0.3) is 0 Å². The van der Waals surface area contributed by atoms with Crippen molar-refractivity contribution in [3.63, 3.8) is 0 Å². The van der Waals surface area contributed by atoms with Crippen molar-refractivity contribution in [2.24, 2.45) is 0 Å². The molecule has 3 aromatic rings. The van der Waals surface area contributed by atoms with E-state index < -0.39 is 20.6 Å². The molecule has 0 saturated heterocycles. The number of benzene rings is 3. The number of nitrogens with zero attached hydrogens (tertiary/aromatic N) is 1. The highest BCUT2D eigenvalue weighted by Gasteiger charge is 2.26. The number of allylic oxidation sites excluding steroid dienone is 1. The van der Waals surface area contributed by atoms with E-state index in [4.69, 9.17) is 11.6 Å². The normalized spacial score (nSPS) is 12.1. The molecule has 0 spiro atoms. The van der Waals surface area contributed by atoms with Gasteiger partial charge in [-0.25, -0.2) is 12.8 Å². The van der Waals surface area contributed by atoms with Crippen LogP contribution in [0.4, 0.5) is 10.1 Å². The van der Waals surface area contributed by atoms with E-state index >= 15 is 0 Å². The predicted octanol–water partition coefficient (Wildman–Crippen LogP) is 6.61. The van der Waals surface area contributed by atoms with Gasteiger partial charge in [-0.1, -0.05) is 41.9 Å². The Balaban J connectivity index is 2.10. The second-order valence-electron chi connectivity index (χ2n) is 7.08. The van der Waals surface area contributed by atoms with Crippen LogP contribution in [0.3, 0.4) is 0 Å². The fourth-order valence-electron chi connectivity index (χ4n) is 3.10. The summed E-state index contributed by atoms with van der Waals surface area (Å²) in [5, 5.41) is 13.2. The molecule has 0 unspecified atom stereocenters. The Morgan fingerprint density at radius 2 is 1.72 bits per heavy atom. The lowest BCUT2D eigenvalue weighted by Crippen LogP contribution is -2.10. The molecule has 0 bridgehead atoms. The Kier molecular flexibility index (Phi) is 7.62. The summed E-state index contributed by atoms with van der Waals surface area (Å²) in [6.45, 7) is 3.83. The number of nitrogens with one attached hydrogen (secondary N) is 1. The van der Waals surface area contributed by atoms with Gasteiger partial charge in [0, 0.05) is 22.0 Å². The molecule has 0 aromatic heterocycles. The lowest BCUT2D eigenvalue weighted by molar-refractivity contribution is 0.603. The van der Waals surface area contributed by atoms with Crippen LogP contribution in [-0.2, 0) is 15.6 Å². The van der Waals surface area contributed by atoms with Crippen LogP contribution in [0.2, 0.25) is 5.02 Å². The van der Waals surface area contributed by atoms with Crippen LogP contribution in [-0.4, -0.2) is 8.42 Å². The first-order valence-electron chi connectivity index (χ1n) is 9.58. The summed E-state index contributed by atoms with van der Waals surface area (Å²) in [5.41, 5.74) is 2.80. The SMILES string of the molecule is Cc1cc(C)cc(N/C(SCc2c(F)cccc2Cl)=C(/C#N)S(=O)(=O)c2ccccc2)c1. The van der Waals surface area contributed by atoms with E-state index in [2.05, 4.69) is 5.32 Å². The van der Waals surface area contributed by atoms with Crippen LogP contribution in [0.1, 0.15) is 16.7 Å². The van der Waals surface area contributed by atoms with Gasteiger partial charge < -0.3 is 5.32 Å². The third-order valence-corrected chi connectivity index (χ3v) is 7.77. The minimum atomic E-state index is -4.11. The van der Waals surface area contributed by atoms with Crippen molar-refractivity contribution in [2.75, 3.05) is 5.32 Å². The standard InChI is InChI=1S/C24H20ClFN2O2S2/c1-16-11-17(2)13-18(12-16)28-24(31-15-20-21(25)9-6-10-22(20)26)23(14-27)32(29,30)19-7-4-3-5-8-19/h3-13,28H,15H2,1-2H3/b24-23+. The maximum Gasteiger partial charge on any atom is 0.219 e. The van der Waals surface area contributed by atoms with E-state index in [0.717, 1.165) is 22.9 Å². The van der Waals surface area contributed by atoms with Gasteiger partial charge in [0.2, 0.25) is 9.84 Å². The molecule has 3 aromatic carbocycles. The molecule has 0 aliphatic heterocycles. The van der Waals surface area contributed by atoms with Gasteiger partial charge in [0.15, 0.2) is 4.91 Å². The number of rotatable bonds is 7. The molecule has 0 heterocycles. The Labute approximate surface area is 196 Å². The van der Waals surface area contributed by atoms with E-state index in [0.29, 0.717) is 5.69 Å². The van der Waals surface area contributed by atoms with Crippen molar-refractivity contribution in [2.45, 2.75) is 24.5 Å². The molecule has 0 fully saturated rings. The number of hydrogen-bond donors (Lipinski definition) is 1. The quantitative estimate of drug-likeness (QED) is 0.380. The minimum Gasteiger partial charge on any atom is -0.349 e. The second kappa shape index (κ2) is 10.2. The highest BCUT2D eigenvalue weighted by atomic mass is 35.5. The molecular formula is C24H20ClFN2O2S2. The van der Waals surface area contributed by atoms with E-state index in [9.17, 15) is 18.1 Å². The van der Waals surface area contributed by atoms with Gasteiger partial charge in [0.1, 0.15) is 16.9 Å². The van der Waals surface area contributed by atoms with Crippen molar-refractivity contribution < 1.29 is 12.8 Å². The molecule has 3 rings (SSSR count). The maximum absolute atomic E-state index is 14.3. The second-order valence-corrected chi connectivity index (χ2v) is 10.4. The van der Waals surface area contributed by atoms with Gasteiger partial charge in [-0.2, -0.15) is 5.26 Å². The summed E-state index contributed by atoms with van der Waals surface area (Å²) in [5.74, 6) is -0.464. The number of aryl methyl sites for hydroxylation is 2. The topological polar surface area (TPSA) is 70.0 Å². The summed E-state index contributed by atoms with van der Waals surface area (Å²) in [4.78, 5) is -0.443. The van der Waals surface area contributed by atoms with Gasteiger partial charge in [0.05, 0.1) is 4.90 Å². The molecule has 8 heteroatoms. The number of halogens is 2. The third-order valence-electron chi connectivity index (χ3n) is 4.53. The Hall–Kier alpha value is -2.79. The molecule has 0 radical (unpaired) electrons. The summed E-state index contributed by atoms with van der Waals surface area (Å²) >= 11 is 7.15. The van der Waals surface area contributed by atoms with Gasteiger partial charge in [-0.3, -0.25) is 0 Å². The number of thioether (sulfide) groups is 1. The van der Waals surface area contributed by atoms with Crippen LogP contribution in [0.5, 0.6) is 0 Å². The van der Waals surface area contributed by atoms with Gasteiger partial charge >= 0.3 is 0 Å². The molecule has 32 heavy (non-hydrogen) atoms. The van der Waals surface area contributed by atoms with Gasteiger partial charge in [-0.05, 0) is 61.4 Å². The van der Waals surface area contributed by atoms with Crippen molar-refractivity contribution in [3.05, 3.63) is 104 Å². The smallest absolute Gasteiger partial charge is 0.219 e. The van der Waals surface area contributed by atoms with Gasteiger partial charge in [-0.15, -0.1) is 11.8 Å². The molecule has 164 valence electrons. The first-order valence-corrected chi connectivity index (χ1v) is 12.4. The first kappa shape index (κ1) is 23.9. The summed E-state index contributed by atoms with van der Waals surface area (Å²) in [6, 6.07) is 19.6. The van der Waals surface area contributed by atoms with Crippen molar-refractivity contribution in [1.82, 2.24) is 0 Å². The van der Waals surface area contributed by atoms with Crippen LogP contribution >= 0.6 is 23.4 Å². The number of anilines is 1. The van der Waals surface area contributed by atoms with Crippen LogP contribution in [0.15, 0.2) is 81.6 Å². The third kappa shape index (κ3) is 5.52. The zero-order chi connectivity index (χ0) is 23.3. The molecule has 1 N–H and O–H groups in total.